The van der Waals surface area contributed by atoms with E-state index >= 15 is 0 Å². The zero-order valence-corrected chi connectivity index (χ0v) is 21.4. The third kappa shape index (κ3) is 5.73. The van der Waals surface area contributed by atoms with Crippen LogP contribution in [0.2, 0.25) is 0 Å². The largest absolute Gasteiger partial charge is 0.497 e. The molecule has 0 bridgehead atoms. The summed E-state index contributed by atoms with van der Waals surface area (Å²) in [5.41, 5.74) is 5.86. The maximum absolute atomic E-state index is 12.9. The smallest absolute Gasteiger partial charge is 0.238 e. The molecule has 36 heavy (non-hydrogen) atoms. The molecule has 6 nitrogen and oxygen atoms in total. The molecule has 7 heteroatoms. The Balaban J connectivity index is 1.74. The van der Waals surface area contributed by atoms with Crippen LogP contribution < -0.4 is 10.1 Å². The molecule has 4 rings (SSSR count). The SMILES string of the molecule is COc1ccc(-c2cc(-c3ccc(C)cc3)c(C#N)c(SC(C)C(=O)Nc3cc(C)ccn3)n2)cc1. The van der Waals surface area contributed by atoms with Crippen LogP contribution >= 0.6 is 11.8 Å². The summed E-state index contributed by atoms with van der Waals surface area (Å²) in [7, 11) is 1.62. The van der Waals surface area contributed by atoms with E-state index in [1.54, 1.807) is 20.2 Å². The van der Waals surface area contributed by atoms with Crippen molar-refractivity contribution >= 4 is 23.5 Å². The molecule has 0 fully saturated rings. The van der Waals surface area contributed by atoms with Crippen LogP contribution in [0.1, 0.15) is 23.6 Å². The third-order valence-corrected chi connectivity index (χ3v) is 6.76. The molecule has 0 spiro atoms. The Morgan fingerprint density at radius 2 is 1.69 bits per heavy atom. The Bertz CT molecular complexity index is 1430. The Morgan fingerprint density at radius 1 is 1.00 bits per heavy atom. The molecule has 1 unspecified atom stereocenters. The number of hydrogen-bond acceptors (Lipinski definition) is 6. The topological polar surface area (TPSA) is 87.9 Å². The number of thioether (sulfide) groups is 1. The average molecular weight is 495 g/mol. The molecule has 1 amide bonds. The number of hydrogen-bond donors (Lipinski definition) is 1. The molecule has 180 valence electrons. The van der Waals surface area contributed by atoms with Gasteiger partial charge in [0, 0.05) is 17.3 Å². The van der Waals surface area contributed by atoms with E-state index in [4.69, 9.17) is 9.72 Å². The molecule has 0 saturated heterocycles. The van der Waals surface area contributed by atoms with Crippen LogP contribution in [0.4, 0.5) is 5.82 Å². The fraction of sp³-hybridized carbons (Fsp3) is 0.172. The van der Waals surface area contributed by atoms with E-state index in [-0.39, 0.29) is 5.91 Å². The second-order valence-electron chi connectivity index (χ2n) is 8.41. The van der Waals surface area contributed by atoms with Crippen LogP contribution in [-0.2, 0) is 4.79 Å². The van der Waals surface area contributed by atoms with E-state index in [1.807, 2.05) is 80.6 Å². The molecule has 0 aliphatic rings. The number of benzene rings is 2. The molecule has 4 aromatic rings. The molecular formula is C29H26N4O2S. The summed E-state index contributed by atoms with van der Waals surface area (Å²) in [6.45, 7) is 5.76. The van der Waals surface area contributed by atoms with Crippen LogP contribution in [0.25, 0.3) is 22.4 Å². The van der Waals surface area contributed by atoms with Crippen molar-refractivity contribution in [2.24, 2.45) is 0 Å². The fourth-order valence-corrected chi connectivity index (χ4v) is 4.56. The van der Waals surface area contributed by atoms with Gasteiger partial charge < -0.3 is 10.1 Å². The van der Waals surface area contributed by atoms with Crippen LogP contribution in [0.5, 0.6) is 5.75 Å². The molecular weight excluding hydrogens is 468 g/mol. The number of anilines is 1. The number of aryl methyl sites for hydroxylation is 2. The number of ether oxygens (including phenoxy) is 1. The van der Waals surface area contributed by atoms with Crippen molar-refractivity contribution < 1.29 is 9.53 Å². The minimum atomic E-state index is -0.510. The number of amides is 1. The van der Waals surface area contributed by atoms with Crippen molar-refractivity contribution in [3.8, 4) is 34.2 Å². The molecule has 0 saturated carbocycles. The van der Waals surface area contributed by atoms with Gasteiger partial charge in [-0.15, -0.1) is 0 Å². The van der Waals surface area contributed by atoms with E-state index in [2.05, 4.69) is 16.4 Å². The zero-order valence-electron chi connectivity index (χ0n) is 20.6. The predicted molar refractivity (Wildman–Crippen MR) is 144 cm³/mol. The summed E-state index contributed by atoms with van der Waals surface area (Å²) in [5, 5.41) is 13.0. The van der Waals surface area contributed by atoms with Gasteiger partial charge in [0.25, 0.3) is 0 Å². The third-order valence-electron chi connectivity index (χ3n) is 5.67. The van der Waals surface area contributed by atoms with Crippen LogP contribution in [-0.4, -0.2) is 28.2 Å². The molecule has 0 radical (unpaired) electrons. The van der Waals surface area contributed by atoms with Gasteiger partial charge in [-0.3, -0.25) is 4.79 Å². The normalized spacial score (nSPS) is 11.4. The number of nitriles is 1. The number of aromatic nitrogens is 2. The van der Waals surface area contributed by atoms with Crippen LogP contribution in [0.15, 0.2) is 78.0 Å². The lowest BCUT2D eigenvalue weighted by Crippen LogP contribution is -2.23. The lowest BCUT2D eigenvalue weighted by Gasteiger charge is -2.16. The minimum absolute atomic E-state index is 0.212. The number of carbonyl (C=O) groups is 1. The molecule has 2 aromatic carbocycles. The minimum Gasteiger partial charge on any atom is -0.497 e. The summed E-state index contributed by atoms with van der Waals surface area (Å²) in [5.74, 6) is 1.03. The Labute approximate surface area is 215 Å². The van der Waals surface area contributed by atoms with E-state index in [0.717, 1.165) is 33.6 Å². The zero-order chi connectivity index (χ0) is 25.7. The number of methoxy groups -OCH3 is 1. The molecule has 2 aromatic heterocycles. The van der Waals surface area contributed by atoms with Gasteiger partial charge in [0.15, 0.2) is 0 Å². The second kappa shape index (κ2) is 11.1. The number of nitrogens with one attached hydrogen (secondary N) is 1. The molecule has 0 aliphatic heterocycles. The number of carbonyl (C=O) groups excluding carboxylic acids is 1. The Morgan fingerprint density at radius 3 is 2.33 bits per heavy atom. The van der Waals surface area contributed by atoms with E-state index < -0.39 is 5.25 Å². The van der Waals surface area contributed by atoms with Gasteiger partial charge in [-0.2, -0.15) is 5.26 Å². The Hall–Kier alpha value is -4.15. The lowest BCUT2D eigenvalue weighted by atomic mass is 9.98. The van der Waals surface area contributed by atoms with Crippen LogP contribution in [0.3, 0.4) is 0 Å². The van der Waals surface area contributed by atoms with Gasteiger partial charge in [-0.25, -0.2) is 9.97 Å². The van der Waals surface area contributed by atoms with Gasteiger partial charge in [-0.05, 0) is 74.4 Å². The molecule has 2 heterocycles. The van der Waals surface area contributed by atoms with Crippen molar-refractivity contribution in [3.05, 3.63) is 89.6 Å². The maximum Gasteiger partial charge on any atom is 0.238 e. The highest BCUT2D eigenvalue weighted by atomic mass is 32.2. The number of rotatable bonds is 7. The predicted octanol–water partition coefficient (Wildman–Crippen LogP) is 6.43. The first-order valence-electron chi connectivity index (χ1n) is 11.4. The maximum atomic E-state index is 12.9. The molecule has 1 N–H and O–H groups in total. The summed E-state index contributed by atoms with van der Waals surface area (Å²) in [6.07, 6.45) is 1.66. The van der Waals surface area contributed by atoms with E-state index in [1.165, 1.54) is 11.8 Å². The van der Waals surface area contributed by atoms with Crippen molar-refractivity contribution in [2.45, 2.75) is 31.0 Å². The highest BCUT2D eigenvalue weighted by Crippen LogP contribution is 2.36. The second-order valence-corrected chi connectivity index (χ2v) is 9.74. The highest BCUT2D eigenvalue weighted by molar-refractivity contribution is 8.00. The van der Waals surface area contributed by atoms with Gasteiger partial charge >= 0.3 is 0 Å². The summed E-state index contributed by atoms with van der Waals surface area (Å²) < 4.78 is 5.29. The highest BCUT2D eigenvalue weighted by Gasteiger charge is 2.22. The van der Waals surface area contributed by atoms with E-state index in [0.29, 0.717) is 22.1 Å². The van der Waals surface area contributed by atoms with Crippen molar-refractivity contribution in [2.75, 3.05) is 12.4 Å². The van der Waals surface area contributed by atoms with Crippen molar-refractivity contribution in [1.82, 2.24) is 9.97 Å². The first-order valence-corrected chi connectivity index (χ1v) is 12.3. The van der Waals surface area contributed by atoms with Gasteiger partial charge in [0.05, 0.1) is 23.6 Å². The first kappa shape index (κ1) is 25.0. The first-order chi connectivity index (χ1) is 17.4. The number of nitrogens with zero attached hydrogens (tertiary/aromatic N) is 3. The molecule has 1 atom stereocenters. The summed E-state index contributed by atoms with van der Waals surface area (Å²) in [6, 6.07) is 23.6. The number of pyridine rings is 2. The van der Waals surface area contributed by atoms with Crippen molar-refractivity contribution in [3.63, 3.8) is 0 Å². The Kier molecular flexibility index (Phi) is 7.67. The standard InChI is InChI=1S/C29H26N4O2S/c1-18-5-7-21(8-6-18)24-16-26(22-9-11-23(35-4)12-10-22)32-29(25(24)17-30)36-20(3)28(34)33-27-15-19(2)13-14-31-27/h5-16,20H,1-4H3,(H,31,33,34). The van der Waals surface area contributed by atoms with E-state index in [9.17, 15) is 10.1 Å². The monoisotopic (exact) mass is 494 g/mol. The fourth-order valence-electron chi connectivity index (χ4n) is 3.64. The average Bonchev–Trinajstić information content (AvgIpc) is 2.88. The van der Waals surface area contributed by atoms with Crippen molar-refractivity contribution in [1.29, 1.82) is 5.26 Å². The summed E-state index contributed by atoms with van der Waals surface area (Å²) >= 11 is 1.26. The van der Waals surface area contributed by atoms with Crippen LogP contribution in [0, 0.1) is 25.2 Å². The quantitative estimate of drug-likeness (QED) is 0.298. The molecule has 0 aliphatic carbocycles. The van der Waals surface area contributed by atoms with Gasteiger partial charge in [0.1, 0.15) is 22.7 Å². The van der Waals surface area contributed by atoms with Gasteiger partial charge in [0.2, 0.25) is 5.91 Å². The lowest BCUT2D eigenvalue weighted by molar-refractivity contribution is -0.115. The summed E-state index contributed by atoms with van der Waals surface area (Å²) in [4.78, 5) is 22.0. The van der Waals surface area contributed by atoms with Gasteiger partial charge in [-0.1, -0.05) is 41.6 Å².